The molecule has 0 aromatic carbocycles. The van der Waals surface area contributed by atoms with Gasteiger partial charge in [-0.2, -0.15) is 5.26 Å². The van der Waals surface area contributed by atoms with Gasteiger partial charge in [-0.3, -0.25) is 4.79 Å². The molecular formula is C15H23N3O3S. The Morgan fingerprint density at radius 3 is 2.45 bits per heavy atom. The lowest BCUT2D eigenvalue weighted by Gasteiger charge is -2.24. The van der Waals surface area contributed by atoms with Crippen LogP contribution in [0.25, 0.3) is 0 Å². The maximum atomic E-state index is 12.0. The smallest absolute Gasteiger partial charge is 0.240 e. The number of hydrogen-bond acceptors (Lipinski definition) is 4. The molecule has 1 aromatic rings. The van der Waals surface area contributed by atoms with Gasteiger partial charge in [0.05, 0.1) is 11.3 Å². The molecule has 0 aliphatic heterocycles. The second-order valence-electron chi connectivity index (χ2n) is 6.76. The topological polar surface area (TPSA) is 92.0 Å². The Morgan fingerprint density at radius 2 is 2.00 bits per heavy atom. The monoisotopic (exact) mass is 325 g/mol. The Kier molecular flexibility index (Phi) is 5.41. The minimum absolute atomic E-state index is 0.0237. The second kappa shape index (κ2) is 6.53. The van der Waals surface area contributed by atoms with Crippen molar-refractivity contribution in [1.82, 2.24) is 4.57 Å². The molecule has 6 nitrogen and oxygen atoms in total. The van der Waals surface area contributed by atoms with Crippen molar-refractivity contribution in [2.75, 3.05) is 16.8 Å². The molecule has 1 N–H and O–H groups in total. The molecular weight excluding hydrogens is 302 g/mol. The van der Waals surface area contributed by atoms with Gasteiger partial charge < -0.3 is 9.88 Å². The molecule has 1 rings (SSSR count). The van der Waals surface area contributed by atoms with E-state index in [4.69, 9.17) is 5.26 Å². The van der Waals surface area contributed by atoms with E-state index < -0.39 is 21.5 Å². The van der Waals surface area contributed by atoms with Gasteiger partial charge in [-0.15, -0.1) is 0 Å². The largest absolute Gasteiger partial charge is 0.328 e. The quantitative estimate of drug-likeness (QED) is 0.897. The van der Waals surface area contributed by atoms with E-state index in [1.165, 1.54) is 6.07 Å². The van der Waals surface area contributed by atoms with E-state index in [1.54, 1.807) is 24.6 Å². The van der Waals surface area contributed by atoms with Crippen LogP contribution in [0.3, 0.4) is 0 Å². The van der Waals surface area contributed by atoms with Crippen LogP contribution in [0.4, 0.5) is 5.82 Å². The van der Waals surface area contributed by atoms with E-state index in [0.29, 0.717) is 11.4 Å². The Morgan fingerprint density at radius 1 is 1.41 bits per heavy atom. The van der Waals surface area contributed by atoms with Crippen molar-refractivity contribution in [3.8, 4) is 6.07 Å². The summed E-state index contributed by atoms with van der Waals surface area (Å²) in [5.41, 5.74) is 0.0735. The molecule has 0 radical (unpaired) electrons. The van der Waals surface area contributed by atoms with E-state index in [9.17, 15) is 13.2 Å². The zero-order chi connectivity index (χ0) is 17.1. The van der Waals surface area contributed by atoms with E-state index >= 15 is 0 Å². The summed E-state index contributed by atoms with van der Waals surface area (Å²) in [6.45, 7) is 9.37. The first kappa shape index (κ1) is 18.2. The van der Waals surface area contributed by atoms with Crippen molar-refractivity contribution in [2.24, 2.45) is 5.92 Å². The standard InChI is InChI=1S/C15H23N3O3S/c1-11(2)9-22(20,21)10-14(19)17-13-6-12(7-16)8-18(13)15(3,4)5/h6,8,11H,9-10H2,1-5H3,(H,17,19). The molecule has 0 fully saturated rings. The minimum Gasteiger partial charge on any atom is -0.328 e. The third kappa shape index (κ3) is 5.19. The summed E-state index contributed by atoms with van der Waals surface area (Å²) in [5.74, 6) is -0.768. The van der Waals surface area contributed by atoms with Crippen LogP contribution >= 0.6 is 0 Å². The van der Waals surface area contributed by atoms with Crippen molar-refractivity contribution in [3.05, 3.63) is 17.8 Å². The molecule has 0 aliphatic rings. The van der Waals surface area contributed by atoms with Gasteiger partial charge in [0.25, 0.3) is 0 Å². The summed E-state index contributed by atoms with van der Waals surface area (Å²) < 4.78 is 25.5. The number of carbonyl (C=O) groups excluding carboxylic acids is 1. The summed E-state index contributed by atoms with van der Waals surface area (Å²) in [4.78, 5) is 12.0. The van der Waals surface area contributed by atoms with Crippen LogP contribution in [0, 0.1) is 17.2 Å². The van der Waals surface area contributed by atoms with Crippen LogP contribution in [0.2, 0.25) is 0 Å². The number of nitrogens with one attached hydrogen (secondary N) is 1. The Bertz CT molecular complexity index is 689. The number of sulfone groups is 1. The highest BCUT2D eigenvalue weighted by molar-refractivity contribution is 7.92. The van der Waals surface area contributed by atoms with Crippen LogP contribution in [0.1, 0.15) is 40.2 Å². The van der Waals surface area contributed by atoms with E-state index in [-0.39, 0.29) is 17.2 Å². The van der Waals surface area contributed by atoms with Crippen LogP contribution in [0.15, 0.2) is 12.3 Å². The van der Waals surface area contributed by atoms with E-state index in [0.717, 1.165) is 0 Å². The molecule has 0 saturated heterocycles. The fourth-order valence-corrected chi connectivity index (χ4v) is 3.73. The van der Waals surface area contributed by atoms with Crippen LogP contribution in [-0.4, -0.2) is 30.4 Å². The van der Waals surface area contributed by atoms with Crippen LogP contribution < -0.4 is 5.32 Å². The lowest BCUT2D eigenvalue weighted by Crippen LogP contribution is -2.29. The molecule has 7 heteroatoms. The summed E-state index contributed by atoms with van der Waals surface area (Å²) in [6.07, 6.45) is 1.64. The second-order valence-corrected chi connectivity index (χ2v) is 8.87. The predicted molar refractivity (Wildman–Crippen MR) is 86.3 cm³/mol. The first-order chi connectivity index (χ1) is 9.94. The number of hydrogen-bond donors (Lipinski definition) is 1. The Balaban J connectivity index is 2.94. The maximum absolute atomic E-state index is 12.0. The normalized spacial score (nSPS) is 12.2. The Labute approximate surface area is 132 Å². The van der Waals surface area contributed by atoms with Crippen LogP contribution in [-0.2, 0) is 20.2 Å². The lowest BCUT2D eigenvalue weighted by molar-refractivity contribution is -0.113. The molecule has 0 saturated carbocycles. The van der Waals surface area contributed by atoms with Crippen molar-refractivity contribution in [2.45, 2.75) is 40.2 Å². The third-order valence-corrected chi connectivity index (χ3v) is 4.75. The third-order valence-electron chi connectivity index (χ3n) is 2.88. The van der Waals surface area contributed by atoms with Gasteiger partial charge in [0.1, 0.15) is 17.6 Å². The minimum atomic E-state index is -3.43. The van der Waals surface area contributed by atoms with Gasteiger partial charge in [-0.1, -0.05) is 13.8 Å². The fourth-order valence-electron chi connectivity index (χ4n) is 2.12. The highest BCUT2D eigenvalue weighted by atomic mass is 32.2. The van der Waals surface area contributed by atoms with Gasteiger partial charge in [-0.05, 0) is 32.8 Å². The summed E-state index contributed by atoms with van der Waals surface area (Å²) >= 11 is 0. The first-order valence-corrected chi connectivity index (χ1v) is 8.90. The summed E-state index contributed by atoms with van der Waals surface area (Å²) in [5, 5.41) is 11.6. The van der Waals surface area contributed by atoms with Gasteiger partial charge in [-0.25, -0.2) is 8.42 Å². The number of aromatic nitrogens is 1. The van der Waals surface area contributed by atoms with Gasteiger partial charge in [0, 0.05) is 11.7 Å². The van der Waals surface area contributed by atoms with Crippen LogP contribution in [0.5, 0.6) is 0 Å². The SMILES string of the molecule is CC(C)CS(=O)(=O)CC(=O)Nc1cc(C#N)cn1C(C)(C)C. The van der Waals surface area contributed by atoms with Gasteiger partial charge in [0.2, 0.25) is 5.91 Å². The Hall–Kier alpha value is -1.81. The molecule has 0 unspecified atom stereocenters. The molecule has 0 aliphatic carbocycles. The van der Waals surface area contributed by atoms with Crippen molar-refractivity contribution in [3.63, 3.8) is 0 Å². The van der Waals surface area contributed by atoms with E-state index in [2.05, 4.69) is 5.32 Å². The zero-order valence-corrected chi connectivity index (χ0v) is 14.5. The lowest BCUT2D eigenvalue weighted by atomic mass is 10.1. The first-order valence-electron chi connectivity index (χ1n) is 7.08. The zero-order valence-electron chi connectivity index (χ0n) is 13.7. The highest BCUT2D eigenvalue weighted by Gasteiger charge is 2.22. The molecule has 0 spiro atoms. The molecule has 1 heterocycles. The molecule has 1 amide bonds. The van der Waals surface area contributed by atoms with Crippen molar-refractivity contribution >= 4 is 21.6 Å². The predicted octanol–water partition coefficient (Wildman–Crippen LogP) is 2.12. The molecule has 0 atom stereocenters. The number of amides is 1. The maximum Gasteiger partial charge on any atom is 0.240 e. The molecule has 22 heavy (non-hydrogen) atoms. The summed E-state index contributed by atoms with van der Waals surface area (Å²) in [6, 6.07) is 3.56. The van der Waals surface area contributed by atoms with Gasteiger partial charge >= 0.3 is 0 Å². The molecule has 0 bridgehead atoms. The molecule has 1 aromatic heterocycles. The fraction of sp³-hybridized carbons (Fsp3) is 0.600. The number of anilines is 1. The van der Waals surface area contributed by atoms with Gasteiger partial charge in [0.15, 0.2) is 9.84 Å². The number of nitrogens with zero attached hydrogens (tertiary/aromatic N) is 2. The van der Waals surface area contributed by atoms with Crippen molar-refractivity contribution in [1.29, 1.82) is 5.26 Å². The average Bonchev–Trinajstić information content (AvgIpc) is 2.68. The number of nitriles is 1. The van der Waals surface area contributed by atoms with Crippen molar-refractivity contribution < 1.29 is 13.2 Å². The highest BCUT2D eigenvalue weighted by Crippen LogP contribution is 2.24. The summed E-state index contributed by atoms with van der Waals surface area (Å²) in [7, 11) is -3.43. The average molecular weight is 325 g/mol. The van der Waals surface area contributed by atoms with E-state index in [1.807, 2.05) is 26.8 Å². The number of rotatable bonds is 5. The molecule has 122 valence electrons. The number of carbonyl (C=O) groups is 1.